The first-order valence-corrected chi connectivity index (χ1v) is 9.39. The van der Waals surface area contributed by atoms with E-state index in [1.54, 1.807) is 29.3 Å². The summed E-state index contributed by atoms with van der Waals surface area (Å²) in [5.41, 5.74) is 1.66. The van der Waals surface area contributed by atoms with Crippen LogP contribution in [0.4, 0.5) is 5.69 Å². The molecular weight excluding hydrogens is 348 g/mol. The number of aromatic nitrogens is 2. The van der Waals surface area contributed by atoms with Crippen LogP contribution in [0, 0.1) is 0 Å². The van der Waals surface area contributed by atoms with Crippen molar-refractivity contribution < 1.29 is 14.6 Å². The number of aliphatic hydroxyl groups excluding tert-OH is 1. The number of likely N-dealkylation sites (tertiary alicyclic amines) is 1. The Bertz CT molecular complexity index is 926. The van der Waals surface area contributed by atoms with Crippen molar-refractivity contribution in [2.45, 2.75) is 31.0 Å². The third-order valence-corrected chi connectivity index (χ3v) is 5.87. The van der Waals surface area contributed by atoms with Crippen molar-refractivity contribution in [2.24, 2.45) is 14.1 Å². The highest BCUT2D eigenvalue weighted by molar-refractivity contribution is 5.94. The average Bonchev–Trinajstić information content (AvgIpc) is 3.19. The molecule has 2 N–H and O–H groups in total. The maximum Gasteiger partial charge on any atom is 0.328 e. The molecular formula is C19H26N4O4. The lowest BCUT2D eigenvalue weighted by molar-refractivity contribution is -0.137. The number of carbonyl (C=O) groups is 1. The van der Waals surface area contributed by atoms with Crippen LogP contribution < -0.4 is 11.0 Å². The van der Waals surface area contributed by atoms with Crippen molar-refractivity contribution in [2.75, 3.05) is 31.6 Å². The number of anilines is 1. The smallest absolute Gasteiger partial charge is 0.328 e. The first-order chi connectivity index (χ1) is 12.9. The van der Waals surface area contributed by atoms with Gasteiger partial charge in [-0.1, -0.05) is 0 Å². The standard InChI is InChI=1S/C19H26N4O4/c1-21-14-5-4-13(10-15(14)22(2)18(21)26)20-17(25)11-23-8-6-16(24)19(12-23)7-3-9-27-19/h4-5,10,16,24H,3,6-9,11-12H2,1-2H3,(H,20,25)/t16-,19-/m0/s1. The molecule has 0 radical (unpaired) electrons. The number of nitrogens with zero attached hydrogens (tertiary/aromatic N) is 3. The van der Waals surface area contributed by atoms with Crippen LogP contribution >= 0.6 is 0 Å². The minimum Gasteiger partial charge on any atom is -0.390 e. The fourth-order valence-corrected chi connectivity index (χ4v) is 4.36. The van der Waals surface area contributed by atoms with E-state index >= 15 is 0 Å². The number of benzene rings is 1. The number of hydrogen-bond acceptors (Lipinski definition) is 5. The summed E-state index contributed by atoms with van der Waals surface area (Å²) in [6.07, 6.45) is 1.95. The molecule has 0 bridgehead atoms. The number of carbonyl (C=O) groups excluding carboxylic acids is 1. The molecule has 1 aromatic carbocycles. The number of imidazole rings is 1. The Morgan fingerprint density at radius 1 is 1.33 bits per heavy atom. The molecule has 2 aromatic rings. The van der Waals surface area contributed by atoms with Crippen molar-refractivity contribution in [3.05, 3.63) is 28.7 Å². The zero-order valence-corrected chi connectivity index (χ0v) is 15.8. The number of rotatable bonds is 3. The molecule has 1 aromatic heterocycles. The summed E-state index contributed by atoms with van der Waals surface area (Å²) in [6.45, 7) is 2.18. The Labute approximate surface area is 157 Å². The van der Waals surface area contributed by atoms with Crippen LogP contribution in [0.5, 0.6) is 0 Å². The Balaban J connectivity index is 1.44. The molecule has 3 heterocycles. The van der Waals surface area contributed by atoms with Gasteiger partial charge in [-0.25, -0.2) is 4.79 Å². The van der Waals surface area contributed by atoms with Crippen molar-refractivity contribution in [3.8, 4) is 0 Å². The van der Waals surface area contributed by atoms with Gasteiger partial charge in [0.05, 0.1) is 23.7 Å². The van der Waals surface area contributed by atoms with Gasteiger partial charge in [0.1, 0.15) is 5.60 Å². The SMILES string of the molecule is Cn1c(=O)n(C)c2cc(NC(=O)CN3CC[C@H](O)[C@]4(CCCO4)C3)ccc21. The van der Waals surface area contributed by atoms with Gasteiger partial charge in [-0.2, -0.15) is 0 Å². The molecule has 1 amide bonds. The van der Waals surface area contributed by atoms with Crippen LogP contribution in [0.25, 0.3) is 11.0 Å². The largest absolute Gasteiger partial charge is 0.390 e. The fourth-order valence-electron chi connectivity index (χ4n) is 4.36. The molecule has 27 heavy (non-hydrogen) atoms. The highest BCUT2D eigenvalue weighted by atomic mass is 16.5. The van der Waals surface area contributed by atoms with E-state index in [-0.39, 0.29) is 18.1 Å². The van der Waals surface area contributed by atoms with Gasteiger partial charge >= 0.3 is 5.69 Å². The summed E-state index contributed by atoms with van der Waals surface area (Å²) < 4.78 is 8.99. The van der Waals surface area contributed by atoms with Gasteiger partial charge in [-0.15, -0.1) is 0 Å². The number of amides is 1. The number of nitrogens with one attached hydrogen (secondary N) is 1. The van der Waals surface area contributed by atoms with Crippen LogP contribution in [0.1, 0.15) is 19.3 Å². The van der Waals surface area contributed by atoms with E-state index in [0.29, 0.717) is 31.8 Å². The minimum atomic E-state index is -0.514. The maximum absolute atomic E-state index is 12.5. The highest BCUT2D eigenvalue weighted by Crippen LogP contribution is 2.34. The molecule has 2 atom stereocenters. The van der Waals surface area contributed by atoms with Crippen LogP contribution in [0.3, 0.4) is 0 Å². The first-order valence-electron chi connectivity index (χ1n) is 9.39. The van der Waals surface area contributed by atoms with E-state index < -0.39 is 11.7 Å². The zero-order valence-electron chi connectivity index (χ0n) is 15.8. The van der Waals surface area contributed by atoms with Gasteiger partial charge in [0.15, 0.2) is 0 Å². The van der Waals surface area contributed by atoms with Crippen molar-refractivity contribution in [3.63, 3.8) is 0 Å². The van der Waals surface area contributed by atoms with Crippen LogP contribution in [-0.4, -0.2) is 63.0 Å². The molecule has 8 heteroatoms. The number of piperidine rings is 1. The van der Waals surface area contributed by atoms with E-state index in [1.165, 1.54) is 0 Å². The maximum atomic E-state index is 12.5. The fraction of sp³-hybridized carbons (Fsp3) is 0.579. The van der Waals surface area contributed by atoms with Gasteiger partial charge in [0, 0.05) is 39.5 Å². The second-order valence-corrected chi connectivity index (χ2v) is 7.68. The van der Waals surface area contributed by atoms with Gasteiger partial charge in [0.2, 0.25) is 5.91 Å². The number of ether oxygens (including phenoxy) is 1. The second kappa shape index (κ2) is 6.78. The Morgan fingerprint density at radius 3 is 2.85 bits per heavy atom. The molecule has 2 fully saturated rings. The third kappa shape index (κ3) is 3.18. The number of hydrogen-bond donors (Lipinski definition) is 2. The molecule has 2 aliphatic heterocycles. The van der Waals surface area contributed by atoms with Crippen molar-refractivity contribution >= 4 is 22.6 Å². The molecule has 1 spiro atoms. The molecule has 4 rings (SSSR count). The van der Waals surface area contributed by atoms with Crippen LogP contribution in [-0.2, 0) is 23.6 Å². The van der Waals surface area contributed by atoms with E-state index in [4.69, 9.17) is 4.74 Å². The monoisotopic (exact) mass is 374 g/mol. The first kappa shape index (κ1) is 18.2. The van der Waals surface area contributed by atoms with Crippen LogP contribution in [0.2, 0.25) is 0 Å². The number of aliphatic hydroxyl groups is 1. The minimum absolute atomic E-state index is 0.0952. The topological polar surface area (TPSA) is 88.7 Å². The Kier molecular flexibility index (Phi) is 4.57. The Hall–Kier alpha value is -2.16. The summed E-state index contributed by atoms with van der Waals surface area (Å²) in [4.78, 5) is 26.6. The highest BCUT2D eigenvalue weighted by Gasteiger charge is 2.46. The lowest BCUT2D eigenvalue weighted by Gasteiger charge is -2.42. The summed E-state index contributed by atoms with van der Waals surface area (Å²) >= 11 is 0. The third-order valence-electron chi connectivity index (χ3n) is 5.87. The summed E-state index contributed by atoms with van der Waals surface area (Å²) in [6, 6.07) is 5.46. The van der Waals surface area contributed by atoms with Crippen molar-refractivity contribution in [1.29, 1.82) is 0 Å². The summed E-state index contributed by atoms with van der Waals surface area (Å²) in [5.74, 6) is -0.111. The summed E-state index contributed by atoms with van der Waals surface area (Å²) in [7, 11) is 3.45. The quantitative estimate of drug-likeness (QED) is 0.814. The predicted molar refractivity (Wildman–Crippen MR) is 102 cm³/mol. The van der Waals surface area contributed by atoms with Crippen LogP contribution in [0.15, 0.2) is 23.0 Å². The molecule has 0 aliphatic carbocycles. The van der Waals surface area contributed by atoms with Gasteiger partial charge in [-0.3, -0.25) is 18.8 Å². The number of aryl methyl sites for hydroxylation is 2. The Morgan fingerprint density at radius 2 is 2.11 bits per heavy atom. The summed E-state index contributed by atoms with van der Waals surface area (Å²) in [5, 5.41) is 13.2. The second-order valence-electron chi connectivity index (χ2n) is 7.68. The molecule has 0 unspecified atom stereocenters. The van der Waals surface area contributed by atoms with E-state index in [1.807, 2.05) is 17.0 Å². The zero-order chi connectivity index (χ0) is 19.2. The predicted octanol–water partition coefficient (Wildman–Crippen LogP) is 0.431. The van der Waals surface area contributed by atoms with E-state index in [9.17, 15) is 14.7 Å². The van der Waals surface area contributed by atoms with Gasteiger partial charge in [0.25, 0.3) is 0 Å². The lowest BCUT2D eigenvalue weighted by atomic mass is 9.87. The van der Waals surface area contributed by atoms with E-state index in [0.717, 1.165) is 23.9 Å². The lowest BCUT2D eigenvalue weighted by Crippen LogP contribution is -2.57. The van der Waals surface area contributed by atoms with Crippen molar-refractivity contribution in [1.82, 2.24) is 14.0 Å². The molecule has 2 saturated heterocycles. The molecule has 8 nitrogen and oxygen atoms in total. The average molecular weight is 374 g/mol. The molecule has 0 saturated carbocycles. The molecule has 2 aliphatic rings. The number of fused-ring (bicyclic) bond motifs is 1. The normalized spacial score (nSPS) is 26.1. The molecule has 146 valence electrons. The van der Waals surface area contributed by atoms with E-state index in [2.05, 4.69) is 5.32 Å². The van der Waals surface area contributed by atoms with Gasteiger partial charge in [-0.05, 0) is 37.5 Å². The van der Waals surface area contributed by atoms with Gasteiger partial charge < -0.3 is 15.2 Å².